The zero-order chi connectivity index (χ0) is 15.4. The van der Waals surface area contributed by atoms with Crippen LogP contribution in [0.25, 0.3) is 6.08 Å². The number of carbonyl (C=O) groups excluding carboxylic acids is 1. The molecular weight excluding hydrogens is 334 g/mol. The lowest BCUT2D eigenvalue weighted by Gasteiger charge is -2.35. The van der Waals surface area contributed by atoms with Gasteiger partial charge < -0.3 is 10.0 Å². The molecule has 1 saturated heterocycles. The summed E-state index contributed by atoms with van der Waals surface area (Å²) in [4.78, 5) is 24.9. The summed E-state index contributed by atoms with van der Waals surface area (Å²) in [5, 5.41) is 9.03. The molecule has 0 aromatic heterocycles. The molecule has 1 aromatic rings. The number of carbonyl (C=O) groups is 2. The van der Waals surface area contributed by atoms with Gasteiger partial charge in [0.15, 0.2) is 0 Å². The van der Waals surface area contributed by atoms with E-state index in [-0.39, 0.29) is 17.9 Å². The van der Waals surface area contributed by atoms with Gasteiger partial charge in [0.1, 0.15) is 0 Å². The van der Waals surface area contributed by atoms with Gasteiger partial charge in [-0.3, -0.25) is 9.59 Å². The number of aliphatic carboxylic acids is 1. The van der Waals surface area contributed by atoms with Gasteiger partial charge in [0.2, 0.25) is 5.91 Å². The molecule has 21 heavy (non-hydrogen) atoms. The largest absolute Gasteiger partial charge is 0.481 e. The summed E-state index contributed by atoms with van der Waals surface area (Å²) in [5.41, 5.74) is 0.958. The Bertz CT molecular complexity index is 553. The average Bonchev–Trinajstić information content (AvgIpc) is 2.46. The predicted molar refractivity (Wildman–Crippen MR) is 84.7 cm³/mol. The molecular formula is C16H18BrNO3. The lowest BCUT2D eigenvalue weighted by atomic mass is 9.91. The van der Waals surface area contributed by atoms with E-state index >= 15 is 0 Å². The highest BCUT2D eigenvalue weighted by atomic mass is 79.9. The van der Waals surface area contributed by atoms with Gasteiger partial charge >= 0.3 is 5.97 Å². The molecule has 0 radical (unpaired) electrons. The molecule has 1 aromatic carbocycles. The van der Waals surface area contributed by atoms with E-state index in [9.17, 15) is 9.59 Å². The molecule has 4 nitrogen and oxygen atoms in total. The first kappa shape index (κ1) is 15.8. The maximum atomic E-state index is 12.2. The summed E-state index contributed by atoms with van der Waals surface area (Å²) < 4.78 is 0.996. The molecule has 1 N–H and O–H groups in total. The van der Waals surface area contributed by atoms with Gasteiger partial charge in [-0.15, -0.1) is 0 Å². The molecule has 112 valence electrons. The second-order valence-electron chi connectivity index (χ2n) is 5.33. The van der Waals surface area contributed by atoms with Crippen LogP contribution >= 0.6 is 15.9 Å². The lowest BCUT2D eigenvalue weighted by Crippen LogP contribution is -2.45. The molecule has 0 aliphatic carbocycles. The molecule has 2 atom stereocenters. The van der Waals surface area contributed by atoms with Crippen molar-refractivity contribution in [1.29, 1.82) is 0 Å². The van der Waals surface area contributed by atoms with Crippen molar-refractivity contribution in [3.8, 4) is 0 Å². The Balaban J connectivity index is 1.97. The quantitative estimate of drug-likeness (QED) is 0.850. The Morgan fingerprint density at radius 3 is 2.57 bits per heavy atom. The van der Waals surface area contributed by atoms with Crippen molar-refractivity contribution in [2.75, 3.05) is 6.54 Å². The van der Waals surface area contributed by atoms with Crippen molar-refractivity contribution in [2.45, 2.75) is 25.8 Å². The molecule has 1 aliphatic rings. The van der Waals surface area contributed by atoms with Crippen molar-refractivity contribution in [3.63, 3.8) is 0 Å². The Hall–Kier alpha value is -1.62. The standard InChI is InChI=1S/C16H18BrNO3/c1-11-10-13(16(20)21)8-9-18(11)15(19)7-4-12-2-5-14(17)6-3-12/h2-7,11,13H,8-10H2,1H3,(H,20,21)/b7-4+. The number of rotatable bonds is 3. The monoisotopic (exact) mass is 351 g/mol. The Kier molecular flexibility index (Phi) is 5.17. The number of hydrogen-bond acceptors (Lipinski definition) is 2. The maximum absolute atomic E-state index is 12.2. The number of carboxylic acid groups (broad SMARTS) is 1. The van der Waals surface area contributed by atoms with E-state index < -0.39 is 5.97 Å². The number of hydrogen-bond donors (Lipinski definition) is 1. The molecule has 0 bridgehead atoms. The average molecular weight is 352 g/mol. The number of amides is 1. The van der Waals surface area contributed by atoms with Gasteiger partial charge in [-0.25, -0.2) is 0 Å². The highest BCUT2D eigenvalue weighted by Gasteiger charge is 2.31. The fourth-order valence-electron chi connectivity index (χ4n) is 2.56. The second-order valence-corrected chi connectivity index (χ2v) is 6.24. The first-order valence-electron chi connectivity index (χ1n) is 6.94. The predicted octanol–water partition coefficient (Wildman–Crippen LogP) is 3.17. The molecule has 0 spiro atoms. The molecule has 1 aliphatic heterocycles. The highest BCUT2D eigenvalue weighted by Crippen LogP contribution is 2.23. The fourth-order valence-corrected chi connectivity index (χ4v) is 2.83. The minimum atomic E-state index is -0.764. The fraction of sp³-hybridized carbons (Fsp3) is 0.375. The van der Waals surface area contributed by atoms with Crippen molar-refractivity contribution >= 4 is 33.9 Å². The normalized spacial score (nSPS) is 22.5. The number of nitrogens with zero attached hydrogens (tertiary/aromatic N) is 1. The Morgan fingerprint density at radius 2 is 2.00 bits per heavy atom. The summed E-state index contributed by atoms with van der Waals surface area (Å²) in [5.74, 6) is -1.16. The van der Waals surface area contributed by atoms with Crippen LogP contribution in [0.4, 0.5) is 0 Å². The van der Waals surface area contributed by atoms with Gasteiger partial charge in [0, 0.05) is 23.1 Å². The number of halogens is 1. The van der Waals surface area contributed by atoms with Crippen LogP contribution < -0.4 is 0 Å². The number of carboxylic acids is 1. The molecule has 0 saturated carbocycles. The van der Waals surface area contributed by atoms with Crippen LogP contribution in [0.5, 0.6) is 0 Å². The maximum Gasteiger partial charge on any atom is 0.306 e. The lowest BCUT2D eigenvalue weighted by molar-refractivity contribution is -0.146. The zero-order valence-corrected chi connectivity index (χ0v) is 13.4. The third-order valence-corrected chi connectivity index (χ3v) is 4.33. The smallest absolute Gasteiger partial charge is 0.306 e. The van der Waals surface area contributed by atoms with Gasteiger partial charge in [0.25, 0.3) is 0 Å². The number of likely N-dealkylation sites (tertiary alicyclic amines) is 1. The zero-order valence-electron chi connectivity index (χ0n) is 11.8. The molecule has 2 unspecified atom stereocenters. The molecule has 1 amide bonds. The van der Waals surface area contributed by atoms with Gasteiger partial charge in [-0.1, -0.05) is 28.1 Å². The molecule has 1 fully saturated rings. The number of benzene rings is 1. The van der Waals surface area contributed by atoms with Crippen LogP contribution in [0, 0.1) is 5.92 Å². The SMILES string of the molecule is CC1CC(C(=O)O)CCN1C(=O)/C=C/c1ccc(Br)cc1. The first-order chi connectivity index (χ1) is 9.97. The van der Waals surface area contributed by atoms with E-state index in [0.717, 1.165) is 10.0 Å². The van der Waals surface area contributed by atoms with Crippen LogP contribution in [-0.2, 0) is 9.59 Å². The minimum Gasteiger partial charge on any atom is -0.481 e. The summed E-state index contributed by atoms with van der Waals surface area (Å²) in [6, 6.07) is 7.65. The van der Waals surface area contributed by atoms with E-state index in [0.29, 0.717) is 19.4 Å². The topological polar surface area (TPSA) is 57.6 Å². The van der Waals surface area contributed by atoms with Crippen molar-refractivity contribution in [1.82, 2.24) is 4.90 Å². The van der Waals surface area contributed by atoms with E-state index in [4.69, 9.17) is 5.11 Å². The van der Waals surface area contributed by atoms with Crippen LogP contribution in [0.3, 0.4) is 0 Å². The van der Waals surface area contributed by atoms with Crippen LogP contribution in [-0.4, -0.2) is 34.5 Å². The Labute approximate surface area is 132 Å². The molecule has 1 heterocycles. The number of piperidine rings is 1. The molecule has 2 rings (SSSR count). The van der Waals surface area contributed by atoms with Gasteiger partial charge in [-0.2, -0.15) is 0 Å². The van der Waals surface area contributed by atoms with E-state index in [1.165, 1.54) is 0 Å². The van der Waals surface area contributed by atoms with Gasteiger partial charge in [0.05, 0.1) is 5.92 Å². The van der Waals surface area contributed by atoms with Crippen LogP contribution in [0.1, 0.15) is 25.3 Å². The van der Waals surface area contributed by atoms with Crippen molar-refractivity contribution in [3.05, 3.63) is 40.4 Å². The summed E-state index contributed by atoms with van der Waals surface area (Å²) in [7, 11) is 0. The summed E-state index contributed by atoms with van der Waals surface area (Å²) in [6.07, 6.45) is 4.39. The third-order valence-electron chi connectivity index (χ3n) is 3.80. The van der Waals surface area contributed by atoms with Gasteiger partial charge in [-0.05, 0) is 43.5 Å². The summed E-state index contributed by atoms with van der Waals surface area (Å²) >= 11 is 3.37. The highest BCUT2D eigenvalue weighted by molar-refractivity contribution is 9.10. The second kappa shape index (κ2) is 6.89. The van der Waals surface area contributed by atoms with Crippen LogP contribution in [0.15, 0.2) is 34.8 Å². The Morgan fingerprint density at radius 1 is 1.33 bits per heavy atom. The third kappa shape index (κ3) is 4.17. The van der Waals surface area contributed by atoms with Crippen molar-refractivity contribution in [2.24, 2.45) is 5.92 Å². The van der Waals surface area contributed by atoms with Crippen molar-refractivity contribution < 1.29 is 14.7 Å². The minimum absolute atomic E-state index is 0.0399. The molecule has 5 heteroatoms. The van der Waals surface area contributed by atoms with Crippen LogP contribution in [0.2, 0.25) is 0 Å². The first-order valence-corrected chi connectivity index (χ1v) is 7.73. The van der Waals surface area contributed by atoms with E-state index in [1.54, 1.807) is 17.1 Å². The van der Waals surface area contributed by atoms with E-state index in [2.05, 4.69) is 15.9 Å². The van der Waals surface area contributed by atoms with E-state index in [1.807, 2.05) is 31.2 Å². The summed E-state index contributed by atoms with van der Waals surface area (Å²) in [6.45, 7) is 2.40.